The van der Waals surface area contributed by atoms with Gasteiger partial charge in [0.2, 0.25) is 0 Å². The average molecular weight is 324 g/mol. The molecule has 2 aromatic rings. The second-order valence-electron chi connectivity index (χ2n) is 4.68. The molecule has 0 saturated carbocycles. The zero-order valence-corrected chi connectivity index (χ0v) is 13.0. The molecule has 1 heterocycles. The first-order chi connectivity index (χ1) is 8.97. The zero-order chi connectivity index (χ0) is 14.2. The topological polar surface area (TPSA) is 53.0 Å². The Hall–Kier alpha value is -1.49. The van der Waals surface area contributed by atoms with Gasteiger partial charge in [-0.2, -0.15) is 0 Å². The van der Waals surface area contributed by atoms with Gasteiger partial charge in [-0.1, -0.05) is 29.3 Å². The minimum absolute atomic E-state index is 0.142. The summed E-state index contributed by atoms with van der Waals surface area (Å²) in [5, 5.41) is 0. The number of hydrogen-bond donors (Lipinski definition) is 1. The van der Waals surface area contributed by atoms with E-state index in [0.717, 1.165) is 34.3 Å². The van der Waals surface area contributed by atoms with E-state index >= 15 is 0 Å². The van der Waals surface area contributed by atoms with Crippen molar-refractivity contribution in [2.75, 3.05) is 5.73 Å². The van der Waals surface area contributed by atoms with Crippen LogP contribution in [0.1, 0.15) is 24.6 Å². The fourth-order valence-electron chi connectivity index (χ4n) is 2.33. The first-order valence-electron chi connectivity index (χ1n) is 6.30. The molecule has 1 aromatic carbocycles. The number of rotatable bonds is 3. The third-order valence-corrected chi connectivity index (χ3v) is 3.79. The minimum Gasteiger partial charge on any atom is -0.393 e. The molecule has 0 spiro atoms. The summed E-state index contributed by atoms with van der Waals surface area (Å²) in [6, 6.07) is 5.85. The Morgan fingerprint density at radius 1 is 1.37 bits per heavy atom. The molecule has 0 fully saturated rings. The van der Waals surface area contributed by atoms with E-state index in [4.69, 9.17) is 5.73 Å². The molecule has 2 N–H and O–H groups in total. The summed E-state index contributed by atoms with van der Waals surface area (Å²) in [7, 11) is 1.88. The number of nitrogens with two attached hydrogens (primary N) is 1. The van der Waals surface area contributed by atoms with E-state index < -0.39 is 0 Å². The number of aryl methyl sites for hydroxylation is 1. The maximum atomic E-state index is 12.3. The fraction of sp³-hybridized carbons (Fsp3) is 0.357. The molecule has 0 aliphatic rings. The van der Waals surface area contributed by atoms with E-state index in [1.807, 2.05) is 36.9 Å². The van der Waals surface area contributed by atoms with E-state index in [1.54, 1.807) is 4.68 Å². The van der Waals surface area contributed by atoms with Crippen LogP contribution in [0.3, 0.4) is 0 Å². The molecule has 102 valence electrons. The lowest BCUT2D eigenvalue weighted by molar-refractivity contribution is 0.608. The largest absolute Gasteiger partial charge is 0.393 e. The van der Waals surface area contributed by atoms with Crippen molar-refractivity contribution >= 4 is 21.6 Å². The lowest BCUT2D eigenvalue weighted by atomic mass is 10.2. The molecule has 5 heteroatoms. The molecule has 0 bridgehead atoms. The molecular formula is C14H18BrN3O. The summed E-state index contributed by atoms with van der Waals surface area (Å²) in [6.45, 7) is 4.06. The minimum atomic E-state index is -0.142. The third-order valence-electron chi connectivity index (χ3n) is 3.30. The predicted octanol–water partition coefficient (Wildman–Crippen LogP) is 2.78. The van der Waals surface area contributed by atoms with Crippen LogP contribution in [0.15, 0.2) is 27.5 Å². The summed E-state index contributed by atoms with van der Waals surface area (Å²) in [4.78, 5) is 12.3. The lowest BCUT2D eigenvalue weighted by Gasteiger charge is -2.12. The van der Waals surface area contributed by atoms with E-state index in [2.05, 4.69) is 22.9 Å². The van der Waals surface area contributed by atoms with E-state index in [1.165, 1.54) is 0 Å². The normalized spacial score (nSPS) is 10.9. The van der Waals surface area contributed by atoms with Gasteiger partial charge in [-0.05, 0) is 37.1 Å². The number of anilines is 1. The number of benzene rings is 1. The smallest absolute Gasteiger partial charge is 0.294 e. The van der Waals surface area contributed by atoms with Gasteiger partial charge in [0, 0.05) is 11.5 Å². The van der Waals surface area contributed by atoms with Crippen LogP contribution in [0, 0.1) is 6.92 Å². The molecule has 4 nitrogen and oxygen atoms in total. The zero-order valence-electron chi connectivity index (χ0n) is 11.4. The van der Waals surface area contributed by atoms with Crippen LogP contribution in [0.25, 0.3) is 5.69 Å². The number of nitrogen functional groups attached to an aromatic ring is 1. The van der Waals surface area contributed by atoms with E-state index in [-0.39, 0.29) is 5.56 Å². The number of hydrogen-bond acceptors (Lipinski definition) is 2. The highest BCUT2D eigenvalue weighted by Gasteiger charge is 2.16. The van der Waals surface area contributed by atoms with E-state index in [9.17, 15) is 4.79 Å². The number of halogens is 1. The molecule has 0 amide bonds. The highest BCUT2D eigenvalue weighted by atomic mass is 79.9. The van der Waals surface area contributed by atoms with Gasteiger partial charge in [0.05, 0.1) is 11.4 Å². The van der Waals surface area contributed by atoms with Gasteiger partial charge >= 0.3 is 0 Å². The number of aromatic nitrogens is 2. The first-order valence-corrected chi connectivity index (χ1v) is 7.09. The summed E-state index contributed by atoms with van der Waals surface area (Å²) in [6.07, 6.45) is 1.76. The summed E-state index contributed by atoms with van der Waals surface area (Å²) in [5.74, 6) is 0. The van der Waals surface area contributed by atoms with Gasteiger partial charge in [-0.3, -0.25) is 9.48 Å². The first kappa shape index (κ1) is 13.9. The van der Waals surface area contributed by atoms with Crippen molar-refractivity contribution in [1.29, 1.82) is 0 Å². The SMILES string of the molecule is CCCc1c(N)c(=O)n(-c2ccc(Br)cc2C)n1C. The van der Waals surface area contributed by atoms with Gasteiger partial charge in [0.25, 0.3) is 5.56 Å². The molecule has 0 aliphatic carbocycles. The Morgan fingerprint density at radius 3 is 2.63 bits per heavy atom. The second kappa shape index (κ2) is 5.25. The highest BCUT2D eigenvalue weighted by molar-refractivity contribution is 9.10. The molecular weight excluding hydrogens is 306 g/mol. The van der Waals surface area contributed by atoms with Crippen LogP contribution in [0.2, 0.25) is 0 Å². The standard InChI is InChI=1S/C14H18BrN3O/c1-4-5-12-13(16)14(19)18(17(12)3)11-7-6-10(15)8-9(11)2/h6-8H,4-5,16H2,1-3H3. The van der Waals surface area contributed by atoms with Gasteiger partial charge < -0.3 is 5.73 Å². The summed E-state index contributed by atoms with van der Waals surface area (Å²) >= 11 is 3.43. The van der Waals surface area contributed by atoms with Crippen LogP contribution in [0.4, 0.5) is 5.69 Å². The Kier molecular flexibility index (Phi) is 3.85. The third kappa shape index (κ3) is 2.34. The average Bonchev–Trinajstić information content (AvgIpc) is 2.55. The molecule has 0 unspecified atom stereocenters. The van der Waals surface area contributed by atoms with Gasteiger partial charge in [-0.15, -0.1) is 0 Å². The molecule has 0 aliphatic heterocycles. The highest BCUT2D eigenvalue weighted by Crippen LogP contribution is 2.20. The van der Waals surface area contributed by atoms with Crippen LogP contribution >= 0.6 is 15.9 Å². The second-order valence-corrected chi connectivity index (χ2v) is 5.60. The molecule has 1 aromatic heterocycles. The Morgan fingerprint density at radius 2 is 2.05 bits per heavy atom. The quantitative estimate of drug-likeness (QED) is 0.944. The predicted molar refractivity (Wildman–Crippen MR) is 81.9 cm³/mol. The van der Waals surface area contributed by atoms with Gasteiger partial charge in [0.15, 0.2) is 0 Å². The van der Waals surface area contributed by atoms with Crippen LogP contribution in [0.5, 0.6) is 0 Å². The van der Waals surface area contributed by atoms with Crippen molar-refractivity contribution in [3.8, 4) is 5.69 Å². The van der Waals surface area contributed by atoms with Crippen LogP contribution in [-0.2, 0) is 13.5 Å². The fourth-order valence-corrected chi connectivity index (χ4v) is 2.81. The van der Waals surface area contributed by atoms with Crippen molar-refractivity contribution in [3.63, 3.8) is 0 Å². The van der Waals surface area contributed by atoms with Gasteiger partial charge in [-0.25, -0.2) is 4.68 Å². The molecule has 2 rings (SSSR count). The van der Waals surface area contributed by atoms with Crippen molar-refractivity contribution in [2.24, 2.45) is 7.05 Å². The van der Waals surface area contributed by atoms with Gasteiger partial charge in [0.1, 0.15) is 5.69 Å². The Balaban J connectivity index is 2.69. The molecule has 0 saturated heterocycles. The van der Waals surface area contributed by atoms with Crippen molar-refractivity contribution in [3.05, 3.63) is 44.3 Å². The van der Waals surface area contributed by atoms with Crippen LogP contribution in [-0.4, -0.2) is 9.36 Å². The van der Waals surface area contributed by atoms with Crippen molar-refractivity contribution in [1.82, 2.24) is 9.36 Å². The molecule has 0 atom stereocenters. The lowest BCUT2D eigenvalue weighted by Crippen LogP contribution is -2.21. The number of nitrogens with zero attached hydrogens (tertiary/aromatic N) is 2. The van der Waals surface area contributed by atoms with Crippen LogP contribution < -0.4 is 11.3 Å². The monoisotopic (exact) mass is 323 g/mol. The maximum absolute atomic E-state index is 12.3. The Labute approximate surface area is 120 Å². The molecule has 19 heavy (non-hydrogen) atoms. The van der Waals surface area contributed by atoms with Crippen molar-refractivity contribution < 1.29 is 0 Å². The van der Waals surface area contributed by atoms with Crippen molar-refractivity contribution in [2.45, 2.75) is 26.7 Å². The Bertz CT molecular complexity index is 670. The molecule has 0 radical (unpaired) electrons. The van der Waals surface area contributed by atoms with E-state index in [0.29, 0.717) is 5.69 Å². The summed E-state index contributed by atoms with van der Waals surface area (Å²) in [5.41, 5.74) is 8.95. The summed E-state index contributed by atoms with van der Waals surface area (Å²) < 4.78 is 4.50. The maximum Gasteiger partial charge on any atom is 0.294 e.